The highest BCUT2D eigenvalue weighted by molar-refractivity contribution is 6.12. The highest BCUT2D eigenvalue weighted by Gasteiger charge is 2.16. The highest BCUT2D eigenvalue weighted by atomic mass is 15.0. The molecule has 11 aromatic rings. The average Bonchev–Trinajstić information content (AvgIpc) is 3.79. The fourth-order valence-corrected chi connectivity index (χ4v) is 8.58. The van der Waals surface area contributed by atoms with Gasteiger partial charge in [0.15, 0.2) is 0 Å². The molecule has 0 atom stereocenters. The molecule has 262 valence electrons. The summed E-state index contributed by atoms with van der Waals surface area (Å²) in [6.07, 6.45) is 0. The van der Waals surface area contributed by atoms with Gasteiger partial charge in [-0.05, 0) is 99.1 Å². The summed E-state index contributed by atoms with van der Waals surface area (Å²) in [5.41, 5.74) is 16.8. The van der Waals surface area contributed by atoms with Crippen LogP contribution in [0.15, 0.2) is 218 Å². The fraction of sp³-hybridized carbons (Fsp3) is 0. The predicted molar refractivity (Wildman–Crippen MR) is 237 cm³/mol. The molecule has 0 amide bonds. The van der Waals surface area contributed by atoms with E-state index in [0.717, 1.165) is 11.4 Å². The molecule has 0 N–H and O–H groups in total. The van der Waals surface area contributed by atoms with Crippen molar-refractivity contribution in [2.75, 3.05) is 0 Å². The monoisotopic (exact) mass is 712 g/mol. The number of hydrogen-bond acceptors (Lipinski definition) is 0. The SMILES string of the molecule is c1ccc(-c2ccc(-c3ccc(-c4ccc5c6cc(-c7ccc(-n8c9ccccc9c9ccccc98)cc7)ccc6n(-c6ccccc6)c5c4)cc3)cc2)cc1. The molecule has 0 spiro atoms. The summed E-state index contributed by atoms with van der Waals surface area (Å²) in [4.78, 5) is 0. The Morgan fingerprint density at radius 3 is 1.14 bits per heavy atom. The standard InChI is InChI=1S/C54H36N2/c1-3-11-37(12-4-1)38-19-21-39(22-20-38)40-23-25-41(26-24-40)44-29-33-49-50-35-43(30-34-53(50)56(54(49)36-44)45-13-5-2-6-14-45)42-27-31-46(32-28-42)55-51-17-9-7-15-47(51)48-16-8-10-18-52(48)55/h1-36H. The molecule has 56 heavy (non-hydrogen) atoms. The summed E-state index contributed by atoms with van der Waals surface area (Å²) in [7, 11) is 0. The molecule has 0 bridgehead atoms. The van der Waals surface area contributed by atoms with Gasteiger partial charge in [-0.2, -0.15) is 0 Å². The molecular weight excluding hydrogens is 677 g/mol. The lowest BCUT2D eigenvalue weighted by Crippen LogP contribution is -1.94. The topological polar surface area (TPSA) is 9.86 Å². The molecule has 0 aliphatic rings. The van der Waals surface area contributed by atoms with Crippen molar-refractivity contribution in [1.29, 1.82) is 0 Å². The minimum atomic E-state index is 1.15. The van der Waals surface area contributed by atoms with Crippen LogP contribution in [0.5, 0.6) is 0 Å². The van der Waals surface area contributed by atoms with E-state index in [1.165, 1.54) is 88.1 Å². The van der Waals surface area contributed by atoms with Gasteiger partial charge < -0.3 is 9.13 Å². The molecule has 9 aromatic carbocycles. The molecule has 0 radical (unpaired) electrons. The third-order valence-corrected chi connectivity index (χ3v) is 11.4. The second-order valence-corrected chi connectivity index (χ2v) is 14.6. The molecule has 0 aliphatic carbocycles. The molecule has 2 aromatic heterocycles. The Morgan fingerprint density at radius 2 is 0.554 bits per heavy atom. The third kappa shape index (κ3) is 5.34. The normalized spacial score (nSPS) is 11.6. The molecule has 2 heteroatoms. The Hall–Kier alpha value is -7.42. The predicted octanol–water partition coefficient (Wildman–Crippen LogP) is 14.5. The Morgan fingerprint density at radius 1 is 0.196 bits per heavy atom. The van der Waals surface area contributed by atoms with Crippen molar-refractivity contribution in [2.24, 2.45) is 0 Å². The molecule has 2 nitrogen and oxygen atoms in total. The quantitative estimate of drug-likeness (QED) is 0.162. The molecule has 0 saturated carbocycles. The van der Waals surface area contributed by atoms with E-state index in [2.05, 4.69) is 228 Å². The summed E-state index contributed by atoms with van der Waals surface area (Å²) in [5.74, 6) is 0. The van der Waals surface area contributed by atoms with Gasteiger partial charge in [0.25, 0.3) is 0 Å². The van der Waals surface area contributed by atoms with E-state index in [-0.39, 0.29) is 0 Å². The van der Waals surface area contributed by atoms with Crippen LogP contribution in [0, 0.1) is 0 Å². The van der Waals surface area contributed by atoms with Gasteiger partial charge in [0.2, 0.25) is 0 Å². The molecule has 0 saturated heterocycles. The van der Waals surface area contributed by atoms with Gasteiger partial charge in [0.05, 0.1) is 22.1 Å². The van der Waals surface area contributed by atoms with Crippen molar-refractivity contribution in [3.8, 4) is 55.9 Å². The smallest absolute Gasteiger partial charge is 0.0547 e. The number of aromatic nitrogens is 2. The minimum absolute atomic E-state index is 1.15. The Kier molecular flexibility index (Phi) is 7.53. The van der Waals surface area contributed by atoms with Crippen molar-refractivity contribution in [2.45, 2.75) is 0 Å². The Balaban J connectivity index is 0.962. The number of para-hydroxylation sites is 3. The van der Waals surface area contributed by atoms with Gasteiger partial charge >= 0.3 is 0 Å². The van der Waals surface area contributed by atoms with Crippen LogP contribution in [-0.2, 0) is 0 Å². The summed E-state index contributed by atoms with van der Waals surface area (Å²) >= 11 is 0. The van der Waals surface area contributed by atoms with Crippen LogP contribution in [0.1, 0.15) is 0 Å². The van der Waals surface area contributed by atoms with Crippen molar-refractivity contribution >= 4 is 43.6 Å². The van der Waals surface area contributed by atoms with Crippen molar-refractivity contribution in [3.63, 3.8) is 0 Å². The number of rotatable bonds is 6. The zero-order valence-electron chi connectivity index (χ0n) is 30.7. The molecule has 0 aliphatic heterocycles. The van der Waals surface area contributed by atoms with E-state index in [0.29, 0.717) is 0 Å². The Bertz CT molecular complexity index is 3130. The van der Waals surface area contributed by atoms with Gasteiger partial charge in [-0.3, -0.25) is 0 Å². The lowest BCUT2D eigenvalue weighted by Gasteiger charge is -2.10. The second-order valence-electron chi connectivity index (χ2n) is 14.6. The fourth-order valence-electron chi connectivity index (χ4n) is 8.58. The summed E-state index contributed by atoms with van der Waals surface area (Å²) in [6.45, 7) is 0. The van der Waals surface area contributed by atoms with Crippen LogP contribution in [-0.4, -0.2) is 9.13 Å². The second kappa shape index (κ2) is 13.2. The first-order chi connectivity index (χ1) is 27.8. The zero-order valence-corrected chi connectivity index (χ0v) is 30.7. The van der Waals surface area contributed by atoms with E-state index >= 15 is 0 Å². The zero-order chi connectivity index (χ0) is 37.0. The van der Waals surface area contributed by atoms with E-state index < -0.39 is 0 Å². The van der Waals surface area contributed by atoms with Crippen LogP contribution in [0.3, 0.4) is 0 Å². The molecule has 2 heterocycles. The van der Waals surface area contributed by atoms with Crippen molar-refractivity contribution < 1.29 is 0 Å². The van der Waals surface area contributed by atoms with Gasteiger partial charge in [-0.15, -0.1) is 0 Å². The molecule has 0 fully saturated rings. The van der Waals surface area contributed by atoms with Crippen LogP contribution in [0.25, 0.3) is 99.5 Å². The molecular formula is C54H36N2. The van der Waals surface area contributed by atoms with Crippen LogP contribution in [0.4, 0.5) is 0 Å². The first-order valence-electron chi connectivity index (χ1n) is 19.3. The largest absolute Gasteiger partial charge is 0.309 e. The number of nitrogens with zero attached hydrogens (tertiary/aromatic N) is 2. The van der Waals surface area contributed by atoms with Gasteiger partial charge in [-0.1, -0.05) is 164 Å². The lowest BCUT2D eigenvalue weighted by molar-refractivity contribution is 1.18. The molecule has 0 unspecified atom stereocenters. The van der Waals surface area contributed by atoms with E-state index in [1.54, 1.807) is 0 Å². The first-order valence-corrected chi connectivity index (χ1v) is 19.3. The summed E-state index contributed by atoms with van der Waals surface area (Å²) < 4.78 is 4.78. The number of hydrogen-bond donors (Lipinski definition) is 0. The maximum atomic E-state index is 2.41. The average molecular weight is 713 g/mol. The van der Waals surface area contributed by atoms with Gasteiger partial charge in [-0.25, -0.2) is 0 Å². The third-order valence-electron chi connectivity index (χ3n) is 11.4. The van der Waals surface area contributed by atoms with Crippen LogP contribution < -0.4 is 0 Å². The van der Waals surface area contributed by atoms with E-state index in [9.17, 15) is 0 Å². The first kappa shape index (κ1) is 32.0. The van der Waals surface area contributed by atoms with Gasteiger partial charge in [0.1, 0.15) is 0 Å². The Labute approximate surface area is 325 Å². The van der Waals surface area contributed by atoms with Crippen LogP contribution >= 0.6 is 0 Å². The maximum absolute atomic E-state index is 2.41. The minimum Gasteiger partial charge on any atom is -0.309 e. The number of benzene rings is 9. The van der Waals surface area contributed by atoms with E-state index in [1.807, 2.05) is 0 Å². The summed E-state index contributed by atoms with van der Waals surface area (Å²) in [6, 6.07) is 79.3. The molecule has 11 rings (SSSR count). The van der Waals surface area contributed by atoms with Crippen molar-refractivity contribution in [1.82, 2.24) is 9.13 Å². The van der Waals surface area contributed by atoms with Crippen molar-refractivity contribution in [3.05, 3.63) is 218 Å². The summed E-state index contributed by atoms with van der Waals surface area (Å²) in [5, 5.41) is 5.04. The van der Waals surface area contributed by atoms with Gasteiger partial charge in [0, 0.05) is 32.9 Å². The highest BCUT2D eigenvalue weighted by Crippen LogP contribution is 2.38. The number of fused-ring (bicyclic) bond motifs is 6. The van der Waals surface area contributed by atoms with E-state index in [4.69, 9.17) is 0 Å². The maximum Gasteiger partial charge on any atom is 0.0547 e. The lowest BCUT2D eigenvalue weighted by atomic mass is 9.97. The van der Waals surface area contributed by atoms with Crippen LogP contribution in [0.2, 0.25) is 0 Å².